The first-order valence-corrected chi connectivity index (χ1v) is 10.5. The number of rotatable bonds is 5. The van der Waals surface area contributed by atoms with Crippen LogP contribution >= 0.6 is 0 Å². The Morgan fingerprint density at radius 2 is 1.83 bits per heavy atom. The largest absolute Gasteiger partial charge is 0.460 e. The van der Waals surface area contributed by atoms with E-state index in [0.29, 0.717) is 22.6 Å². The van der Waals surface area contributed by atoms with Crippen molar-refractivity contribution in [3.8, 4) is 5.69 Å². The lowest BCUT2D eigenvalue weighted by molar-refractivity contribution is -0.155. The summed E-state index contributed by atoms with van der Waals surface area (Å²) in [7, 11) is 0. The van der Waals surface area contributed by atoms with Gasteiger partial charge in [-0.2, -0.15) is 0 Å². The third kappa shape index (κ3) is 4.16. The van der Waals surface area contributed by atoms with Crippen molar-refractivity contribution < 1.29 is 9.53 Å². The summed E-state index contributed by atoms with van der Waals surface area (Å²) in [5.41, 5.74) is 1.71. The summed E-state index contributed by atoms with van der Waals surface area (Å²) >= 11 is 0. The minimum Gasteiger partial charge on any atom is -0.460 e. The zero-order valence-electron chi connectivity index (χ0n) is 18.0. The lowest BCUT2D eigenvalue weighted by Crippen LogP contribution is -2.29. The van der Waals surface area contributed by atoms with Gasteiger partial charge in [-0.15, -0.1) is 0 Å². The Morgan fingerprint density at radius 1 is 1.13 bits per heavy atom. The molecule has 0 bridgehead atoms. The maximum absolute atomic E-state index is 13.6. The zero-order valence-corrected chi connectivity index (χ0v) is 18.0. The minimum absolute atomic E-state index is 0.0888. The quantitative estimate of drug-likeness (QED) is 0.566. The van der Waals surface area contributed by atoms with Gasteiger partial charge in [-0.05, 0) is 70.2 Å². The van der Waals surface area contributed by atoms with E-state index in [1.165, 1.54) is 0 Å². The highest BCUT2D eigenvalue weighted by atomic mass is 16.6. The summed E-state index contributed by atoms with van der Waals surface area (Å²) < 4.78 is 7.29. The summed E-state index contributed by atoms with van der Waals surface area (Å²) in [4.78, 5) is 31.3. The number of aromatic nitrogens is 2. The molecule has 1 aromatic heterocycles. The maximum Gasteiger partial charge on any atom is 0.307 e. The van der Waals surface area contributed by atoms with E-state index in [1.54, 1.807) is 4.57 Å². The number of para-hydroxylation sites is 1. The van der Waals surface area contributed by atoms with Crippen molar-refractivity contribution in [3.05, 3.63) is 70.3 Å². The molecule has 156 valence electrons. The SMILES string of the molecule is Cc1cccc2nc([C@@H](CC(=O)OC(C)(C)C)C3CC3)n(-c3ccccc3)c(=O)c12. The summed E-state index contributed by atoms with van der Waals surface area (Å²) in [5, 5.41) is 0.622. The van der Waals surface area contributed by atoms with Gasteiger partial charge < -0.3 is 4.74 Å². The molecular weight excluding hydrogens is 376 g/mol. The van der Waals surface area contributed by atoms with Gasteiger partial charge in [0.15, 0.2) is 0 Å². The van der Waals surface area contributed by atoms with Crippen LogP contribution in [0.4, 0.5) is 0 Å². The number of hydrogen-bond acceptors (Lipinski definition) is 4. The molecular formula is C25H28N2O3. The standard InChI is InChI=1S/C25H28N2O3/c1-16-9-8-12-20-22(16)24(29)27(18-10-6-5-7-11-18)23(26-20)19(17-13-14-17)15-21(28)30-25(2,3)4/h5-12,17,19H,13-15H2,1-4H3/t19-/m0/s1. The normalized spacial score (nSPS) is 15.2. The van der Waals surface area contributed by atoms with Gasteiger partial charge in [0.25, 0.3) is 5.56 Å². The lowest BCUT2D eigenvalue weighted by atomic mass is 9.97. The average molecular weight is 405 g/mol. The highest BCUT2D eigenvalue weighted by molar-refractivity contribution is 5.81. The predicted molar refractivity (Wildman–Crippen MR) is 118 cm³/mol. The van der Waals surface area contributed by atoms with Crippen LogP contribution in [0, 0.1) is 12.8 Å². The Labute approximate surface area is 176 Å². The van der Waals surface area contributed by atoms with E-state index < -0.39 is 5.60 Å². The summed E-state index contributed by atoms with van der Waals surface area (Å²) in [5.74, 6) is 0.578. The monoisotopic (exact) mass is 404 g/mol. The van der Waals surface area contributed by atoms with Crippen molar-refractivity contribution in [1.82, 2.24) is 9.55 Å². The number of esters is 1. The fourth-order valence-corrected chi connectivity index (χ4v) is 4.02. The van der Waals surface area contributed by atoms with Crippen molar-refractivity contribution in [3.63, 3.8) is 0 Å². The van der Waals surface area contributed by atoms with Gasteiger partial charge in [-0.1, -0.05) is 30.3 Å². The van der Waals surface area contributed by atoms with Crippen LogP contribution in [0.2, 0.25) is 0 Å². The number of nitrogens with zero attached hydrogens (tertiary/aromatic N) is 2. The van der Waals surface area contributed by atoms with Crippen LogP contribution in [0.5, 0.6) is 0 Å². The van der Waals surface area contributed by atoms with E-state index in [4.69, 9.17) is 9.72 Å². The summed E-state index contributed by atoms with van der Waals surface area (Å²) in [6.07, 6.45) is 2.28. The molecule has 1 fully saturated rings. The molecule has 0 radical (unpaired) electrons. The van der Waals surface area contributed by atoms with Crippen LogP contribution < -0.4 is 5.56 Å². The maximum atomic E-state index is 13.6. The molecule has 2 aromatic carbocycles. The number of aryl methyl sites for hydroxylation is 1. The molecule has 0 spiro atoms. The first kappa shape index (κ1) is 20.3. The van der Waals surface area contributed by atoms with Crippen molar-refractivity contribution >= 4 is 16.9 Å². The minimum atomic E-state index is -0.543. The molecule has 4 rings (SSSR count). The van der Waals surface area contributed by atoms with Crippen LogP contribution in [0.15, 0.2) is 53.3 Å². The van der Waals surface area contributed by atoms with E-state index in [9.17, 15) is 9.59 Å². The van der Waals surface area contributed by atoms with Crippen molar-refractivity contribution in [2.75, 3.05) is 0 Å². The summed E-state index contributed by atoms with van der Waals surface area (Å²) in [6.45, 7) is 7.54. The van der Waals surface area contributed by atoms with Crippen LogP contribution in [0.25, 0.3) is 16.6 Å². The average Bonchev–Trinajstić information content (AvgIpc) is 3.50. The number of fused-ring (bicyclic) bond motifs is 1. The second-order valence-corrected chi connectivity index (χ2v) is 9.15. The van der Waals surface area contributed by atoms with Crippen molar-refractivity contribution in [2.24, 2.45) is 5.92 Å². The zero-order chi connectivity index (χ0) is 21.5. The Morgan fingerprint density at radius 3 is 2.47 bits per heavy atom. The van der Waals surface area contributed by atoms with Crippen LogP contribution in [-0.4, -0.2) is 21.1 Å². The molecule has 1 aliphatic carbocycles. The van der Waals surface area contributed by atoms with Crippen molar-refractivity contribution in [1.29, 1.82) is 0 Å². The fraction of sp³-hybridized carbons (Fsp3) is 0.400. The van der Waals surface area contributed by atoms with Gasteiger partial charge in [0.2, 0.25) is 0 Å². The molecule has 0 amide bonds. The lowest BCUT2D eigenvalue weighted by Gasteiger charge is -2.24. The molecule has 5 heteroatoms. The number of carbonyl (C=O) groups is 1. The van der Waals surface area contributed by atoms with E-state index in [1.807, 2.05) is 76.2 Å². The predicted octanol–water partition coefficient (Wildman–Crippen LogP) is 4.92. The molecule has 0 N–H and O–H groups in total. The Hall–Kier alpha value is -2.95. The van der Waals surface area contributed by atoms with Crippen molar-refractivity contribution in [2.45, 2.75) is 58.5 Å². The van der Waals surface area contributed by atoms with Crippen LogP contribution in [0.1, 0.15) is 57.3 Å². The van der Waals surface area contributed by atoms with E-state index >= 15 is 0 Å². The smallest absolute Gasteiger partial charge is 0.307 e. The number of benzene rings is 2. The van der Waals surface area contributed by atoms with Gasteiger partial charge in [0.1, 0.15) is 11.4 Å². The molecule has 1 aliphatic rings. The first-order valence-electron chi connectivity index (χ1n) is 10.5. The Bertz CT molecular complexity index is 1140. The van der Waals surface area contributed by atoms with Crippen LogP contribution in [0.3, 0.4) is 0 Å². The third-order valence-electron chi connectivity index (χ3n) is 5.48. The molecule has 0 aliphatic heterocycles. The molecule has 30 heavy (non-hydrogen) atoms. The molecule has 1 atom stereocenters. The highest BCUT2D eigenvalue weighted by Crippen LogP contribution is 2.44. The molecule has 3 aromatic rings. The van der Waals surface area contributed by atoms with Gasteiger partial charge >= 0.3 is 5.97 Å². The molecule has 0 saturated heterocycles. The number of hydrogen-bond donors (Lipinski definition) is 0. The van der Waals surface area contributed by atoms with E-state index in [0.717, 1.165) is 24.1 Å². The number of ether oxygens (including phenoxy) is 1. The van der Waals surface area contributed by atoms with Crippen LogP contribution in [-0.2, 0) is 9.53 Å². The molecule has 1 saturated carbocycles. The highest BCUT2D eigenvalue weighted by Gasteiger charge is 2.38. The Kier molecular flexibility index (Phi) is 5.22. The molecule has 5 nitrogen and oxygen atoms in total. The van der Waals surface area contributed by atoms with Gasteiger partial charge in [-0.3, -0.25) is 14.2 Å². The first-order chi connectivity index (χ1) is 14.2. The Balaban J connectivity index is 1.90. The molecule has 0 unspecified atom stereocenters. The van der Waals surface area contributed by atoms with E-state index in [-0.39, 0.29) is 23.9 Å². The van der Waals surface area contributed by atoms with Gasteiger partial charge in [-0.25, -0.2) is 4.98 Å². The fourth-order valence-electron chi connectivity index (χ4n) is 4.02. The van der Waals surface area contributed by atoms with Gasteiger partial charge in [0.05, 0.1) is 23.0 Å². The second kappa shape index (κ2) is 7.71. The summed E-state index contributed by atoms with van der Waals surface area (Å²) in [6, 6.07) is 15.3. The topological polar surface area (TPSA) is 61.2 Å². The second-order valence-electron chi connectivity index (χ2n) is 9.15. The van der Waals surface area contributed by atoms with Gasteiger partial charge in [0, 0.05) is 5.92 Å². The molecule has 1 heterocycles. The third-order valence-corrected chi connectivity index (χ3v) is 5.48. The van der Waals surface area contributed by atoms with E-state index in [2.05, 4.69) is 0 Å². The number of carbonyl (C=O) groups excluding carboxylic acids is 1.